The normalized spacial score (nSPS) is 12.2. The molecule has 7 nitrogen and oxygen atoms in total. The fraction of sp³-hybridized carbons (Fsp3) is 0.263. The van der Waals surface area contributed by atoms with E-state index in [0.717, 1.165) is 11.3 Å². The van der Waals surface area contributed by atoms with E-state index in [1.54, 1.807) is 0 Å². The molecule has 1 aromatic carbocycles. The fourth-order valence-corrected chi connectivity index (χ4v) is 2.83. The summed E-state index contributed by atoms with van der Waals surface area (Å²) in [7, 11) is 5.79. The molecular formula is C19H23N7. The highest BCUT2D eigenvalue weighted by molar-refractivity contribution is 5.33. The second-order valence-corrected chi connectivity index (χ2v) is 6.29. The van der Waals surface area contributed by atoms with Crippen molar-refractivity contribution in [2.75, 3.05) is 31.8 Å². The van der Waals surface area contributed by atoms with E-state index in [2.05, 4.69) is 37.0 Å². The first-order chi connectivity index (χ1) is 12.5. The zero-order valence-electron chi connectivity index (χ0n) is 15.2. The molecule has 3 rings (SSSR count). The van der Waals surface area contributed by atoms with Crippen LogP contribution in [0.5, 0.6) is 0 Å². The first-order valence-corrected chi connectivity index (χ1v) is 8.38. The molecule has 2 aromatic heterocycles. The number of nitrogen functional groups attached to an aromatic ring is 1. The van der Waals surface area contributed by atoms with Crippen LogP contribution in [0.2, 0.25) is 0 Å². The highest BCUT2D eigenvalue weighted by Crippen LogP contribution is 2.27. The van der Waals surface area contributed by atoms with Crippen molar-refractivity contribution in [3.63, 3.8) is 0 Å². The predicted molar refractivity (Wildman–Crippen MR) is 103 cm³/mol. The van der Waals surface area contributed by atoms with E-state index in [9.17, 15) is 0 Å². The van der Waals surface area contributed by atoms with Crippen LogP contribution in [0.25, 0.3) is 0 Å². The van der Waals surface area contributed by atoms with Gasteiger partial charge in [0.1, 0.15) is 5.82 Å². The molecule has 0 spiro atoms. The molecule has 0 aliphatic carbocycles. The van der Waals surface area contributed by atoms with Crippen LogP contribution in [-0.4, -0.2) is 46.0 Å². The van der Waals surface area contributed by atoms with Gasteiger partial charge in [-0.1, -0.05) is 36.4 Å². The second kappa shape index (κ2) is 7.88. The Kier molecular flexibility index (Phi) is 5.38. The standard InChI is InChI=1S/C19H23N7/c1-25(2)19-23-16(22-18(20)24-19)13-26(3)17(14-9-5-4-6-10-14)15-11-7-8-12-21-15/h4-12,17H,13H2,1-3H3,(H2,20,22,23,24)/t17-/m1/s1. The predicted octanol–water partition coefficient (Wildman–Crippen LogP) is 2.14. The van der Waals surface area contributed by atoms with Gasteiger partial charge in [0.25, 0.3) is 0 Å². The molecule has 0 aliphatic heterocycles. The molecule has 26 heavy (non-hydrogen) atoms. The number of benzene rings is 1. The Labute approximate surface area is 153 Å². The highest BCUT2D eigenvalue weighted by Gasteiger charge is 2.22. The van der Waals surface area contributed by atoms with Crippen molar-refractivity contribution in [1.82, 2.24) is 24.8 Å². The summed E-state index contributed by atoms with van der Waals surface area (Å²) < 4.78 is 0. The van der Waals surface area contributed by atoms with Crippen molar-refractivity contribution in [1.29, 1.82) is 0 Å². The maximum absolute atomic E-state index is 5.85. The van der Waals surface area contributed by atoms with Gasteiger partial charge in [-0.25, -0.2) is 0 Å². The zero-order chi connectivity index (χ0) is 18.5. The monoisotopic (exact) mass is 349 g/mol. The van der Waals surface area contributed by atoms with Crippen LogP contribution >= 0.6 is 0 Å². The molecule has 1 atom stereocenters. The Morgan fingerprint density at radius 1 is 0.923 bits per heavy atom. The van der Waals surface area contributed by atoms with Crippen molar-refractivity contribution in [3.8, 4) is 0 Å². The number of nitrogens with zero attached hydrogens (tertiary/aromatic N) is 6. The van der Waals surface area contributed by atoms with Gasteiger partial charge < -0.3 is 10.6 Å². The molecule has 0 unspecified atom stereocenters. The van der Waals surface area contributed by atoms with E-state index in [4.69, 9.17) is 5.73 Å². The molecule has 0 amide bonds. The van der Waals surface area contributed by atoms with E-state index in [1.807, 2.05) is 68.6 Å². The van der Waals surface area contributed by atoms with Crippen LogP contribution in [0.1, 0.15) is 23.1 Å². The van der Waals surface area contributed by atoms with Crippen LogP contribution in [0, 0.1) is 0 Å². The van der Waals surface area contributed by atoms with Crippen molar-refractivity contribution in [3.05, 3.63) is 71.8 Å². The SMILES string of the molecule is CN(C)c1nc(N)nc(CN(C)[C@H](c2ccccc2)c2ccccn2)n1. The third-order valence-corrected chi connectivity index (χ3v) is 4.00. The lowest BCUT2D eigenvalue weighted by molar-refractivity contribution is 0.259. The molecule has 2 N–H and O–H groups in total. The van der Waals surface area contributed by atoms with Crippen molar-refractivity contribution < 1.29 is 0 Å². The summed E-state index contributed by atoms with van der Waals surface area (Å²) in [6.07, 6.45) is 1.81. The summed E-state index contributed by atoms with van der Waals surface area (Å²) in [6, 6.07) is 16.2. The lowest BCUT2D eigenvalue weighted by atomic mass is 10.0. The van der Waals surface area contributed by atoms with Gasteiger partial charge in [0.05, 0.1) is 18.3 Å². The minimum atomic E-state index is -0.0156. The molecule has 0 aliphatic rings. The molecule has 0 fully saturated rings. The molecule has 134 valence electrons. The summed E-state index contributed by atoms with van der Waals surface area (Å²) in [5.41, 5.74) is 7.98. The number of aromatic nitrogens is 4. The molecule has 7 heteroatoms. The first kappa shape index (κ1) is 17.8. The van der Waals surface area contributed by atoms with Crippen molar-refractivity contribution in [2.45, 2.75) is 12.6 Å². The lowest BCUT2D eigenvalue weighted by Gasteiger charge is -2.27. The van der Waals surface area contributed by atoms with Crippen LogP contribution in [-0.2, 0) is 6.54 Å². The minimum Gasteiger partial charge on any atom is -0.368 e. The maximum Gasteiger partial charge on any atom is 0.229 e. The van der Waals surface area contributed by atoms with E-state index < -0.39 is 0 Å². The molecule has 0 saturated carbocycles. The number of hydrogen-bond donors (Lipinski definition) is 1. The van der Waals surface area contributed by atoms with Crippen molar-refractivity contribution in [2.24, 2.45) is 0 Å². The Balaban J connectivity index is 1.93. The minimum absolute atomic E-state index is 0.0156. The summed E-state index contributed by atoms with van der Waals surface area (Å²) in [4.78, 5) is 21.5. The molecular weight excluding hydrogens is 326 g/mol. The van der Waals surface area contributed by atoms with E-state index in [1.165, 1.54) is 0 Å². The Bertz CT molecular complexity index is 798. The quantitative estimate of drug-likeness (QED) is 0.730. The average molecular weight is 349 g/mol. The summed E-state index contributed by atoms with van der Waals surface area (Å²) in [6.45, 7) is 0.518. The van der Waals surface area contributed by atoms with Gasteiger partial charge in [-0.05, 0) is 24.7 Å². The smallest absolute Gasteiger partial charge is 0.229 e. The van der Waals surface area contributed by atoms with Crippen molar-refractivity contribution >= 4 is 11.9 Å². The summed E-state index contributed by atoms with van der Waals surface area (Å²) in [5.74, 6) is 1.40. The molecule has 2 heterocycles. The van der Waals surface area contributed by atoms with Gasteiger partial charge >= 0.3 is 0 Å². The number of nitrogens with two attached hydrogens (primary N) is 1. The molecule has 0 bridgehead atoms. The third kappa shape index (κ3) is 4.12. The average Bonchev–Trinajstić information content (AvgIpc) is 2.63. The Morgan fingerprint density at radius 2 is 1.65 bits per heavy atom. The lowest BCUT2D eigenvalue weighted by Crippen LogP contribution is -2.27. The van der Waals surface area contributed by atoms with E-state index in [-0.39, 0.29) is 12.0 Å². The number of pyridine rings is 1. The first-order valence-electron chi connectivity index (χ1n) is 8.38. The van der Waals surface area contributed by atoms with Gasteiger partial charge in [0, 0.05) is 20.3 Å². The topological polar surface area (TPSA) is 84.1 Å². The molecule has 0 saturated heterocycles. The van der Waals surface area contributed by atoms with Crippen LogP contribution in [0.15, 0.2) is 54.7 Å². The Morgan fingerprint density at radius 3 is 2.31 bits per heavy atom. The van der Waals surface area contributed by atoms with Gasteiger partial charge in [-0.15, -0.1) is 0 Å². The number of anilines is 2. The van der Waals surface area contributed by atoms with Gasteiger partial charge in [0.2, 0.25) is 11.9 Å². The highest BCUT2D eigenvalue weighted by atomic mass is 15.3. The fourth-order valence-electron chi connectivity index (χ4n) is 2.83. The van der Waals surface area contributed by atoms with Crippen LogP contribution in [0.3, 0.4) is 0 Å². The third-order valence-electron chi connectivity index (χ3n) is 4.00. The Hall–Kier alpha value is -3.06. The second-order valence-electron chi connectivity index (χ2n) is 6.29. The molecule has 3 aromatic rings. The largest absolute Gasteiger partial charge is 0.368 e. The summed E-state index contributed by atoms with van der Waals surface area (Å²) in [5, 5.41) is 0. The number of rotatable bonds is 6. The van der Waals surface area contributed by atoms with Gasteiger partial charge in [-0.3, -0.25) is 9.88 Å². The van der Waals surface area contributed by atoms with E-state index >= 15 is 0 Å². The number of hydrogen-bond acceptors (Lipinski definition) is 7. The van der Waals surface area contributed by atoms with Gasteiger partial charge in [0.15, 0.2) is 0 Å². The van der Waals surface area contributed by atoms with E-state index in [0.29, 0.717) is 18.3 Å². The molecule has 0 radical (unpaired) electrons. The maximum atomic E-state index is 5.85. The van der Waals surface area contributed by atoms with Crippen LogP contribution in [0.4, 0.5) is 11.9 Å². The zero-order valence-corrected chi connectivity index (χ0v) is 15.2. The van der Waals surface area contributed by atoms with Crippen LogP contribution < -0.4 is 10.6 Å². The summed E-state index contributed by atoms with van der Waals surface area (Å²) >= 11 is 0. The van der Waals surface area contributed by atoms with Gasteiger partial charge in [-0.2, -0.15) is 15.0 Å².